The molecule has 19 heavy (non-hydrogen) atoms. The number of aromatic nitrogens is 1. The van der Waals surface area contributed by atoms with Crippen LogP contribution >= 0.6 is 0 Å². The molecule has 1 aromatic rings. The summed E-state index contributed by atoms with van der Waals surface area (Å²) in [5.41, 5.74) is 6.78. The molecule has 0 bridgehead atoms. The molecule has 1 rings (SSSR count). The van der Waals surface area contributed by atoms with Crippen LogP contribution in [0.5, 0.6) is 0 Å². The van der Waals surface area contributed by atoms with Gasteiger partial charge in [-0.05, 0) is 25.5 Å². The minimum absolute atomic E-state index is 0.162. The summed E-state index contributed by atoms with van der Waals surface area (Å²) in [5.74, 6) is -1.15. The maximum Gasteiger partial charge on any atom is 0.330 e. The molecule has 0 saturated carbocycles. The number of aliphatic hydroxyl groups excluding tert-OH is 1. The van der Waals surface area contributed by atoms with E-state index in [0.29, 0.717) is 11.3 Å². The maximum atomic E-state index is 11.4. The molecule has 0 aromatic carbocycles. The van der Waals surface area contributed by atoms with Gasteiger partial charge in [0.15, 0.2) is 0 Å². The minimum Gasteiger partial charge on any atom is -0.467 e. The van der Waals surface area contributed by atoms with Gasteiger partial charge in [0, 0.05) is 5.69 Å². The van der Waals surface area contributed by atoms with Gasteiger partial charge in [0.1, 0.15) is 11.9 Å². The van der Waals surface area contributed by atoms with Crippen LogP contribution in [0.4, 0.5) is 5.82 Å². The quantitative estimate of drug-likeness (QED) is 0.633. The third kappa shape index (κ3) is 3.41. The summed E-state index contributed by atoms with van der Waals surface area (Å²) >= 11 is 0. The van der Waals surface area contributed by atoms with E-state index >= 15 is 0 Å². The number of pyridine rings is 1. The number of carbonyl (C=O) groups is 2. The van der Waals surface area contributed by atoms with Crippen LogP contribution < -0.4 is 11.1 Å². The Bertz CT molecular complexity index is 502. The summed E-state index contributed by atoms with van der Waals surface area (Å²) in [6.45, 7) is 2.97. The average Bonchev–Trinajstić information content (AvgIpc) is 2.33. The molecular formula is C12H17N3O4. The van der Waals surface area contributed by atoms with E-state index < -0.39 is 24.5 Å². The summed E-state index contributed by atoms with van der Waals surface area (Å²) in [5, 5.41) is 11.8. The van der Waals surface area contributed by atoms with Gasteiger partial charge in [0.05, 0.1) is 19.3 Å². The number of rotatable bonds is 5. The van der Waals surface area contributed by atoms with Gasteiger partial charge in [0.2, 0.25) is 0 Å². The number of aryl methyl sites for hydroxylation is 2. The molecule has 0 aliphatic heterocycles. The fourth-order valence-corrected chi connectivity index (χ4v) is 1.74. The number of nitrogens with two attached hydrogens (primary N) is 1. The lowest BCUT2D eigenvalue weighted by Gasteiger charge is -2.17. The number of anilines is 1. The van der Waals surface area contributed by atoms with Crippen LogP contribution in [0.1, 0.15) is 21.6 Å². The molecule has 1 heterocycles. The van der Waals surface area contributed by atoms with Crippen molar-refractivity contribution in [2.24, 2.45) is 5.73 Å². The van der Waals surface area contributed by atoms with Crippen molar-refractivity contribution >= 4 is 17.7 Å². The van der Waals surface area contributed by atoms with Crippen molar-refractivity contribution in [2.45, 2.75) is 19.9 Å². The first-order chi connectivity index (χ1) is 8.90. The molecule has 4 N–H and O–H groups in total. The van der Waals surface area contributed by atoms with Crippen LogP contribution in [0.15, 0.2) is 6.07 Å². The van der Waals surface area contributed by atoms with Gasteiger partial charge < -0.3 is 20.9 Å². The largest absolute Gasteiger partial charge is 0.467 e. The summed E-state index contributed by atoms with van der Waals surface area (Å²) in [4.78, 5) is 27.0. The lowest BCUT2D eigenvalue weighted by Crippen LogP contribution is -2.35. The zero-order valence-electron chi connectivity index (χ0n) is 11.1. The van der Waals surface area contributed by atoms with Gasteiger partial charge in [-0.1, -0.05) is 0 Å². The molecule has 0 saturated heterocycles. The van der Waals surface area contributed by atoms with E-state index in [0.717, 1.165) is 0 Å². The topological polar surface area (TPSA) is 115 Å². The molecule has 0 spiro atoms. The minimum atomic E-state index is -1.00. The fraction of sp³-hybridized carbons (Fsp3) is 0.417. The van der Waals surface area contributed by atoms with E-state index in [2.05, 4.69) is 15.0 Å². The summed E-state index contributed by atoms with van der Waals surface area (Å²) in [6, 6.07) is 0.703. The second-order valence-electron chi connectivity index (χ2n) is 4.07. The molecule has 1 atom stereocenters. The molecule has 1 aromatic heterocycles. The van der Waals surface area contributed by atoms with Gasteiger partial charge >= 0.3 is 5.97 Å². The van der Waals surface area contributed by atoms with Gasteiger partial charge in [-0.2, -0.15) is 0 Å². The predicted molar refractivity (Wildman–Crippen MR) is 68.7 cm³/mol. The van der Waals surface area contributed by atoms with Crippen LogP contribution in [0.25, 0.3) is 0 Å². The number of amides is 1. The first-order valence-corrected chi connectivity index (χ1v) is 5.64. The molecular weight excluding hydrogens is 250 g/mol. The Balaban J connectivity index is 3.18. The lowest BCUT2D eigenvalue weighted by atomic mass is 10.1. The van der Waals surface area contributed by atoms with Gasteiger partial charge in [0.25, 0.3) is 5.91 Å². The third-order valence-electron chi connectivity index (χ3n) is 2.57. The first-order valence-electron chi connectivity index (χ1n) is 5.64. The van der Waals surface area contributed by atoms with Gasteiger partial charge in [-0.3, -0.25) is 4.79 Å². The number of primary amides is 1. The average molecular weight is 267 g/mol. The molecule has 0 radical (unpaired) electrons. The predicted octanol–water partition coefficient (Wildman–Crippen LogP) is -0.257. The van der Waals surface area contributed by atoms with Crippen molar-refractivity contribution in [1.29, 1.82) is 0 Å². The molecule has 7 heteroatoms. The monoisotopic (exact) mass is 267 g/mol. The van der Waals surface area contributed by atoms with E-state index in [-0.39, 0.29) is 11.4 Å². The highest BCUT2D eigenvalue weighted by Crippen LogP contribution is 2.19. The number of hydrogen-bond donors (Lipinski definition) is 3. The Morgan fingerprint density at radius 1 is 1.53 bits per heavy atom. The molecule has 1 amide bonds. The zero-order chi connectivity index (χ0) is 14.6. The number of ether oxygens (including phenoxy) is 1. The van der Waals surface area contributed by atoms with E-state index in [4.69, 9.17) is 10.8 Å². The van der Waals surface area contributed by atoms with Crippen LogP contribution in [-0.2, 0) is 9.53 Å². The van der Waals surface area contributed by atoms with Crippen molar-refractivity contribution in [3.63, 3.8) is 0 Å². The smallest absolute Gasteiger partial charge is 0.330 e. The van der Waals surface area contributed by atoms with Crippen LogP contribution in [-0.4, -0.2) is 41.7 Å². The fourth-order valence-electron chi connectivity index (χ4n) is 1.74. The maximum absolute atomic E-state index is 11.4. The van der Waals surface area contributed by atoms with Crippen molar-refractivity contribution < 1.29 is 19.4 Å². The second-order valence-corrected chi connectivity index (χ2v) is 4.07. The molecule has 0 aliphatic carbocycles. The van der Waals surface area contributed by atoms with Gasteiger partial charge in [-0.15, -0.1) is 0 Å². The number of esters is 1. The van der Waals surface area contributed by atoms with E-state index in [1.807, 2.05) is 0 Å². The Morgan fingerprint density at radius 3 is 2.63 bits per heavy atom. The number of hydrogen-bond acceptors (Lipinski definition) is 6. The highest BCUT2D eigenvalue weighted by Gasteiger charge is 2.22. The number of aliphatic hydroxyl groups is 1. The van der Waals surface area contributed by atoms with Crippen LogP contribution in [0.2, 0.25) is 0 Å². The van der Waals surface area contributed by atoms with E-state index in [1.54, 1.807) is 19.9 Å². The van der Waals surface area contributed by atoms with E-state index in [1.165, 1.54) is 7.11 Å². The Hall–Kier alpha value is -2.15. The lowest BCUT2D eigenvalue weighted by molar-refractivity contribution is -0.142. The molecule has 7 nitrogen and oxygen atoms in total. The Labute approximate surface area is 110 Å². The number of carbonyl (C=O) groups excluding carboxylic acids is 2. The second kappa shape index (κ2) is 6.14. The summed E-state index contributed by atoms with van der Waals surface area (Å²) < 4.78 is 4.53. The van der Waals surface area contributed by atoms with Crippen LogP contribution in [0, 0.1) is 13.8 Å². The van der Waals surface area contributed by atoms with Crippen molar-refractivity contribution in [2.75, 3.05) is 19.0 Å². The van der Waals surface area contributed by atoms with Crippen molar-refractivity contribution in [3.05, 3.63) is 22.9 Å². The number of methoxy groups -OCH3 is 1. The number of nitrogens with zero attached hydrogens (tertiary/aromatic N) is 1. The van der Waals surface area contributed by atoms with Crippen molar-refractivity contribution in [3.8, 4) is 0 Å². The third-order valence-corrected chi connectivity index (χ3v) is 2.57. The Morgan fingerprint density at radius 2 is 2.16 bits per heavy atom. The van der Waals surface area contributed by atoms with Crippen molar-refractivity contribution in [1.82, 2.24) is 4.98 Å². The standard InChI is InChI=1S/C12H17N3O4/c1-6-4-7(2)14-11(9(6)10(13)17)15-8(5-16)12(18)19-3/h4,8,16H,5H2,1-3H3,(H2,13,17)(H,14,15). The normalized spacial score (nSPS) is 11.8. The summed E-state index contributed by atoms with van der Waals surface area (Å²) in [6.07, 6.45) is 0. The Kier molecular flexibility index (Phi) is 4.82. The highest BCUT2D eigenvalue weighted by atomic mass is 16.5. The van der Waals surface area contributed by atoms with Crippen LogP contribution in [0.3, 0.4) is 0 Å². The number of nitrogens with one attached hydrogen (secondary N) is 1. The van der Waals surface area contributed by atoms with Gasteiger partial charge in [-0.25, -0.2) is 9.78 Å². The first kappa shape index (κ1) is 14.9. The molecule has 1 unspecified atom stereocenters. The zero-order valence-corrected chi connectivity index (χ0v) is 11.1. The SMILES string of the molecule is COC(=O)C(CO)Nc1nc(C)cc(C)c1C(N)=O. The molecule has 104 valence electrons. The molecule has 0 fully saturated rings. The van der Waals surface area contributed by atoms with E-state index in [9.17, 15) is 9.59 Å². The molecule has 0 aliphatic rings. The highest BCUT2D eigenvalue weighted by molar-refractivity contribution is 5.99. The summed E-state index contributed by atoms with van der Waals surface area (Å²) in [7, 11) is 1.20.